The van der Waals surface area contributed by atoms with E-state index >= 15 is 0 Å². The van der Waals surface area contributed by atoms with Crippen LogP contribution < -0.4 is 11.1 Å². The minimum atomic E-state index is -0.307. The molecule has 1 aromatic carbocycles. The van der Waals surface area contributed by atoms with Crippen molar-refractivity contribution in [2.45, 2.75) is 19.4 Å². The molecule has 1 amide bonds. The fourth-order valence-electron chi connectivity index (χ4n) is 1.82. The minimum Gasteiger partial charge on any atom is -0.370 e. The number of rotatable bonds is 9. The summed E-state index contributed by atoms with van der Waals surface area (Å²) in [6.07, 6.45) is 3.46. The van der Waals surface area contributed by atoms with Crippen LogP contribution in [0.25, 0.3) is 0 Å². The van der Waals surface area contributed by atoms with E-state index in [4.69, 9.17) is 18.0 Å². The van der Waals surface area contributed by atoms with E-state index < -0.39 is 0 Å². The van der Waals surface area contributed by atoms with Crippen molar-refractivity contribution in [2.75, 3.05) is 25.1 Å². The Bertz CT molecular complexity index is 440. The maximum Gasteiger partial charge on any atom is 0.219 e. The molecule has 0 fully saturated rings. The Morgan fingerprint density at radius 1 is 1.38 bits per heavy atom. The fourth-order valence-corrected chi connectivity index (χ4v) is 2.52. The van der Waals surface area contributed by atoms with E-state index in [1.807, 2.05) is 47.0 Å². The van der Waals surface area contributed by atoms with Crippen molar-refractivity contribution >= 4 is 35.0 Å². The molecule has 3 N–H and O–H groups in total. The first-order chi connectivity index (χ1) is 10.1. The van der Waals surface area contributed by atoms with Gasteiger partial charge in [-0.2, -0.15) is 11.8 Å². The molecule has 4 nitrogen and oxygen atoms in total. The summed E-state index contributed by atoms with van der Waals surface area (Å²) in [6.45, 7) is 2.07. The fraction of sp³-hybridized carbons (Fsp3) is 0.467. The third-order valence-electron chi connectivity index (χ3n) is 2.93. The maximum atomic E-state index is 11.0. The number of hydrogen-bond donors (Lipinski definition) is 2. The monoisotopic (exact) mass is 325 g/mol. The highest BCUT2D eigenvalue weighted by molar-refractivity contribution is 7.98. The standard InChI is InChI=1S/C15H23N3OS2/c1-21-11-5-9-17-15(20)18(10-8-14(16)19)12-13-6-3-2-4-7-13/h2-4,6-7H,5,8-12H2,1H3,(H2,16,19)(H,17,20). The van der Waals surface area contributed by atoms with Crippen molar-refractivity contribution in [3.63, 3.8) is 0 Å². The second-order valence-corrected chi connectivity index (χ2v) is 6.07. The van der Waals surface area contributed by atoms with Gasteiger partial charge in [0, 0.05) is 26.1 Å². The summed E-state index contributed by atoms with van der Waals surface area (Å²) in [5, 5.41) is 3.94. The average molecular weight is 326 g/mol. The normalized spacial score (nSPS) is 10.1. The van der Waals surface area contributed by atoms with E-state index in [1.54, 1.807) is 0 Å². The number of carbonyl (C=O) groups excluding carboxylic acids is 1. The molecule has 0 saturated heterocycles. The van der Waals surface area contributed by atoms with Crippen molar-refractivity contribution in [3.05, 3.63) is 35.9 Å². The molecule has 0 bridgehead atoms. The number of primary amides is 1. The van der Waals surface area contributed by atoms with Gasteiger partial charge in [0.05, 0.1) is 0 Å². The first kappa shape index (κ1) is 17.8. The zero-order valence-corrected chi connectivity index (χ0v) is 14.0. The molecule has 0 saturated carbocycles. The lowest BCUT2D eigenvalue weighted by Gasteiger charge is -2.25. The first-order valence-corrected chi connectivity index (χ1v) is 8.77. The largest absolute Gasteiger partial charge is 0.370 e. The first-order valence-electron chi connectivity index (χ1n) is 6.97. The number of nitrogens with one attached hydrogen (secondary N) is 1. The van der Waals surface area contributed by atoms with Gasteiger partial charge in [0.15, 0.2) is 5.11 Å². The summed E-state index contributed by atoms with van der Waals surface area (Å²) in [5.41, 5.74) is 6.40. The molecule has 1 rings (SSSR count). The van der Waals surface area contributed by atoms with Crippen LogP contribution in [0.2, 0.25) is 0 Å². The molecule has 0 atom stereocenters. The predicted octanol–water partition coefficient (Wildman–Crippen LogP) is 1.99. The zero-order chi connectivity index (χ0) is 15.5. The third kappa shape index (κ3) is 7.92. The molecule has 0 radical (unpaired) electrons. The third-order valence-corrected chi connectivity index (χ3v) is 4.03. The number of amides is 1. The van der Waals surface area contributed by atoms with Gasteiger partial charge in [-0.25, -0.2) is 0 Å². The van der Waals surface area contributed by atoms with Crippen LogP contribution in [0.15, 0.2) is 30.3 Å². The molecule has 0 aromatic heterocycles. The summed E-state index contributed by atoms with van der Waals surface area (Å²) in [7, 11) is 0. The van der Waals surface area contributed by atoms with Crippen LogP contribution in [-0.4, -0.2) is 41.0 Å². The highest BCUT2D eigenvalue weighted by Crippen LogP contribution is 2.06. The molecule has 0 unspecified atom stereocenters. The van der Waals surface area contributed by atoms with Crippen molar-refractivity contribution in [2.24, 2.45) is 5.73 Å². The highest BCUT2D eigenvalue weighted by atomic mass is 32.2. The molecular weight excluding hydrogens is 302 g/mol. The summed E-state index contributed by atoms with van der Waals surface area (Å²) in [6, 6.07) is 10.1. The van der Waals surface area contributed by atoms with Crippen LogP contribution in [0.1, 0.15) is 18.4 Å². The van der Waals surface area contributed by atoms with Crippen LogP contribution in [0.4, 0.5) is 0 Å². The van der Waals surface area contributed by atoms with Crippen molar-refractivity contribution in [1.82, 2.24) is 10.2 Å². The Hall–Kier alpha value is -1.27. The van der Waals surface area contributed by atoms with E-state index in [-0.39, 0.29) is 5.91 Å². The van der Waals surface area contributed by atoms with Gasteiger partial charge in [0.2, 0.25) is 5.91 Å². The number of thioether (sulfide) groups is 1. The average Bonchev–Trinajstić information content (AvgIpc) is 2.48. The van der Waals surface area contributed by atoms with E-state index in [2.05, 4.69) is 11.6 Å². The molecular formula is C15H23N3OS2. The Balaban J connectivity index is 2.54. The van der Waals surface area contributed by atoms with Gasteiger partial charge in [0.1, 0.15) is 0 Å². The molecule has 0 aliphatic heterocycles. The van der Waals surface area contributed by atoms with Gasteiger partial charge < -0.3 is 16.0 Å². The van der Waals surface area contributed by atoms with Gasteiger partial charge in [-0.3, -0.25) is 4.79 Å². The van der Waals surface area contributed by atoms with Gasteiger partial charge in [-0.15, -0.1) is 0 Å². The van der Waals surface area contributed by atoms with Crippen molar-refractivity contribution in [1.29, 1.82) is 0 Å². The second-order valence-electron chi connectivity index (χ2n) is 4.70. The lowest BCUT2D eigenvalue weighted by atomic mass is 10.2. The van der Waals surface area contributed by atoms with Gasteiger partial charge in [-0.1, -0.05) is 30.3 Å². The predicted molar refractivity (Wildman–Crippen MR) is 94.3 cm³/mol. The lowest BCUT2D eigenvalue weighted by Crippen LogP contribution is -2.41. The number of nitrogens with zero attached hydrogens (tertiary/aromatic N) is 1. The Morgan fingerprint density at radius 3 is 2.71 bits per heavy atom. The molecule has 0 spiro atoms. The van der Waals surface area contributed by atoms with Crippen LogP contribution in [0.3, 0.4) is 0 Å². The molecule has 6 heteroatoms. The Labute approximate surface area is 136 Å². The quantitative estimate of drug-likeness (QED) is 0.537. The van der Waals surface area contributed by atoms with Crippen molar-refractivity contribution < 1.29 is 4.79 Å². The van der Waals surface area contributed by atoms with Crippen molar-refractivity contribution in [3.8, 4) is 0 Å². The molecule has 0 aliphatic rings. The molecule has 0 aliphatic carbocycles. The number of hydrogen-bond acceptors (Lipinski definition) is 3. The van der Waals surface area contributed by atoms with Crippen LogP contribution in [0.5, 0.6) is 0 Å². The molecule has 116 valence electrons. The topological polar surface area (TPSA) is 58.4 Å². The molecule has 0 heterocycles. The SMILES string of the molecule is CSCCCNC(=S)N(CCC(N)=O)Cc1ccccc1. The maximum absolute atomic E-state index is 11.0. The van der Waals surface area contributed by atoms with E-state index in [1.165, 1.54) is 0 Å². The number of thiocarbonyl (C=S) groups is 1. The summed E-state index contributed by atoms with van der Waals surface area (Å²) in [5.74, 6) is 0.800. The summed E-state index contributed by atoms with van der Waals surface area (Å²) >= 11 is 7.25. The van der Waals surface area contributed by atoms with E-state index in [0.717, 1.165) is 24.3 Å². The molecule has 1 aromatic rings. The number of nitrogens with two attached hydrogens (primary N) is 1. The summed E-state index contributed by atoms with van der Waals surface area (Å²) < 4.78 is 0. The smallest absolute Gasteiger partial charge is 0.219 e. The summed E-state index contributed by atoms with van der Waals surface area (Å²) in [4.78, 5) is 13.0. The lowest BCUT2D eigenvalue weighted by molar-refractivity contribution is -0.118. The Morgan fingerprint density at radius 2 is 2.10 bits per heavy atom. The van der Waals surface area contributed by atoms with E-state index in [9.17, 15) is 4.79 Å². The molecule has 21 heavy (non-hydrogen) atoms. The van der Waals surface area contributed by atoms with Crippen LogP contribution in [-0.2, 0) is 11.3 Å². The van der Waals surface area contributed by atoms with Gasteiger partial charge in [-0.05, 0) is 36.2 Å². The van der Waals surface area contributed by atoms with Gasteiger partial charge in [0.25, 0.3) is 0 Å². The van der Waals surface area contributed by atoms with Crippen LogP contribution in [0, 0.1) is 0 Å². The Kier molecular flexibility index (Phi) is 8.85. The van der Waals surface area contributed by atoms with E-state index in [0.29, 0.717) is 24.6 Å². The zero-order valence-electron chi connectivity index (χ0n) is 12.4. The number of carbonyl (C=O) groups is 1. The van der Waals surface area contributed by atoms with Crippen LogP contribution >= 0.6 is 24.0 Å². The van der Waals surface area contributed by atoms with Gasteiger partial charge >= 0.3 is 0 Å². The second kappa shape index (κ2) is 10.5. The minimum absolute atomic E-state index is 0.305. The highest BCUT2D eigenvalue weighted by Gasteiger charge is 2.11. The number of benzene rings is 1.